The number of pyridine rings is 1. The molecule has 1 amide bonds. The zero-order valence-electron chi connectivity index (χ0n) is 16.2. The maximum Gasteiger partial charge on any atom is 0.217 e. The highest BCUT2D eigenvalue weighted by atomic mass is 32.1. The number of amides is 1. The van der Waals surface area contributed by atoms with Crippen LogP contribution in [0.3, 0.4) is 0 Å². The molecule has 0 bridgehead atoms. The third-order valence-corrected chi connectivity index (χ3v) is 5.20. The molecule has 148 valence electrons. The summed E-state index contributed by atoms with van der Waals surface area (Å²) in [5, 5.41) is 3.62. The first-order valence-electron chi connectivity index (χ1n) is 8.96. The predicted octanol–water partition coefficient (Wildman–Crippen LogP) is 4.65. The smallest absolute Gasteiger partial charge is 0.217 e. The van der Waals surface area contributed by atoms with Gasteiger partial charge in [0.2, 0.25) is 11.8 Å². The Labute approximate surface area is 166 Å². The highest BCUT2D eigenvalue weighted by molar-refractivity contribution is 7.18. The quantitative estimate of drug-likeness (QED) is 0.622. The lowest BCUT2D eigenvalue weighted by Crippen LogP contribution is -2.35. The van der Waals surface area contributed by atoms with Crippen molar-refractivity contribution in [3.63, 3.8) is 0 Å². The van der Waals surface area contributed by atoms with Crippen LogP contribution in [0, 0.1) is 5.82 Å². The topological polar surface area (TPSA) is 73.3 Å². The van der Waals surface area contributed by atoms with E-state index in [1.54, 1.807) is 24.3 Å². The van der Waals surface area contributed by atoms with Gasteiger partial charge in [0.1, 0.15) is 12.4 Å². The lowest BCUT2D eigenvalue weighted by molar-refractivity contribution is -0.119. The average Bonchev–Trinajstić information content (AvgIpc) is 3.08. The van der Waals surface area contributed by atoms with E-state index >= 15 is 0 Å². The van der Waals surface area contributed by atoms with Gasteiger partial charge in [-0.3, -0.25) is 4.79 Å². The van der Waals surface area contributed by atoms with Crippen molar-refractivity contribution in [3.8, 4) is 17.4 Å². The molecule has 2 heterocycles. The summed E-state index contributed by atoms with van der Waals surface area (Å²) in [6.07, 6.45) is 1.47. The zero-order valence-corrected chi connectivity index (χ0v) is 17.0. The summed E-state index contributed by atoms with van der Waals surface area (Å²) in [6, 6.07) is 6.48. The van der Waals surface area contributed by atoms with E-state index in [0.29, 0.717) is 28.5 Å². The Morgan fingerprint density at radius 1 is 1.25 bits per heavy atom. The Morgan fingerprint density at radius 3 is 2.68 bits per heavy atom. The standard InChI is InChI=1S/C20H22FN3O3S/c1-11(2)20-24-15-6-7-16(18(21)19(15)28-20)27-14-5-8-17(22-9-14)26-10-12(3)23-13(4)25/h5-9,11-12H,10H2,1-4H3,(H,23,25)/t12-/m0/s1. The number of fused-ring (bicyclic) bond motifs is 1. The summed E-state index contributed by atoms with van der Waals surface area (Å²) < 4.78 is 26.4. The summed E-state index contributed by atoms with van der Waals surface area (Å²) in [5.41, 5.74) is 0.633. The maximum absolute atomic E-state index is 14.8. The second-order valence-electron chi connectivity index (χ2n) is 6.78. The van der Waals surface area contributed by atoms with Crippen LogP contribution in [0.1, 0.15) is 38.6 Å². The summed E-state index contributed by atoms with van der Waals surface area (Å²) in [6.45, 7) is 7.63. The van der Waals surface area contributed by atoms with E-state index in [4.69, 9.17) is 9.47 Å². The monoisotopic (exact) mass is 403 g/mol. The highest BCUT2D eigenvalue weighted by Crippen LogP contribution is 2.35. The molecule has 3 aromatic rings. The van der Waals surface area contributed by atoms with Gasteiger partial charge < -0.3 is 14.8 Å². The van der Waals surface area contributed by atoms with Crippen molar-refractivity contribution < 1.29 is 18.7 Å². The van der Waals surface area contributed by atoms with Crippen molar-refractivity contribution in [1.29, 1.82) is 0 Å². The number of hydrogen-bond acceptors (Lipinski definition) is 6. The Kier molecular flexibility index (Phi) is 6.08. The first kappa shape index (κ1) is 20.0. The van der Waals surface area contributed by atoms with E-state index in [1.807, 2.05) is 20.8 Å². The zero-order chi connectivity index (χ0) is 20.3. The van der Waals surface area contributed by atoms with E-state index in [9.17, 15) is 9.18 Å². The Bertz CT molecular complexity index is 973. The minimum atomic E-state index is -0.425. The van der Waals surface area contributed by atoms with Crippen LogP contribution in [0.15, 0.2) is 30.5 Å². The van der Waals surface area contributed by atoms with Gasteiger partial charge in [-0.15, -0.1) is 11.3 Å². The fourth-order valence-electron chi connectivity index (χ4n) is 2.52. The van der Waals surface area contributed by atoms with Gasteiger partial charge in [-0.1, -0.05) is 13.8 Å². The fraction of sp³-hybridized carbons (Fsp3) is 0.350. The minimum Gasteiger partial charge on any atom is -0.475 e. The van der Waals surface area contributed by atoms with Gasteiger partial charge in [-0.05, 0) is 25.1 Å². The van der Waals surface area contributed by atoms with Gasteiger partial charge in [0.25, 0.3) is 0 Å². The molecule has 8 heteroatoms. The lowest BCUT2D eigenvalue weighted by Gasteiger charge is -2.13. The molecule has 0 fully saturated rings. The third kappa shape index (κ3) is 4.75. The number of halogens is 1. The van der Waals surface area contributed by atoms with E-state index in [-0.39, 0.29) is 23.6 Å². The minimum absolute atomic E-state index is 0.117. The number of carbonyl (C=O) groups excluding carboxylic acids is 1. The number of benzene rings is 1. The molecule has 0 saturated carbocycles. The number of hydrogen-bond donors (Lipinski definition) is 1. The molecule has 1 N–H and O–H groups in total. The third-order valence-electron chi connectivity index (χ3n) is 3.84. The van der Waals surface area contributed by atoms with Gasteiger partial charge >= 0.3 is 0 Å². The Balaban J connectivity index is 1.68. The van der Waals surface area contributed by atoms with Crippen LogP contribution in [0.5, 0.6) is 17.4 Å². The van der Waals surface area contributed by atoms with Crippen LogP contribution < -0.4 is 14.8 Å². The number of aromatic nitrogens is 2. The molecule has 1 atom stereocenters. The molecule has 0 saturated heterocycles. The molecule has 0 spiro atoms. The van der Waals surface area contributed by atoms with Crippen molar-refractivity contribution in [3.05, 3.63) is 41.3 Å². The molecule has 0 radical (unpaired) electrons. The molecule has 2 aromatic heterocycles. The van der Waals surface area contributed by atoms with Crippen molar-refractivity contribution in [1.82, 2.24) is 15.3 Å². The Morgan fingerprint density at radius 2 is 2.04 bits per heavy atom. The van der Waals surface area contributed by atoms with Crippen LogP contribution in [0.25, 0.3) is 10.2 Å². The molecular weight excluding hydrogens is 381 g/mol. The molecule has 0 aliphatic carbocycles. The highest BCUT2D eigenvalue weighted by Gasteiger charge is 2.15. The van der Waals surface area contributed by atoms with Crippen LogP contribution in [0.2, 0.25) is 0 Å². The Hall–Kier alpha value is -2.74. The van der Waals surface area contributed by atoms with Crippen molar-refractivity contribution in [2.24, 2.45) is 0 Å². The summed E-state index contributed by atoms with van der Waals surface area (Å²) >= 11 is 1.34. The van der Waals surface area contributed by atoms with E-state index in [1.165, 1.54) is 24.5 Å². The molecule has 28 heavy (non-hydrogen) atoms. The molecule has 3 rings (SSSR count). The summed E-state index contributed by atoms with van der Waals surface area (Å²) in [7, 11) is 0. The average molecular weight is 403 g/mol. The van der Waals surface area contributed by atoms with Gasteiger partial charge in [0.15, 0.2) is 11.6 Å². The van der Waals surface area contributed by atoms with Crippen molar-refractivity contribution >= 4 is 27.5 Å². The van der Waals surface area contributed by atoms with Crippen LogP contribution in [0.4, 0.5) is 4.39 Å². The number of rotatable bonds is 7. The normalized spacial score (nSPS) is 12.2. The van der Waals surface area contributed by atoms with Crippen molar-refractivity contribution in [2.75, 3.05) is 6.61 Å². The van der Waals surface area contributed by atoms with Crippen LogP contribution in [-0.2, 0) is 4.79 Å². The number of thiazole rings is 1. The SMILES string of the molecule is CC(=O)N[C@@H](C)COc1ccc(Oc2ccc3nc(C(C)C)sc3c2F)cn1. The fourth-order valence-corrected chi connectivity index (χ4v) is 3.52. The second kappa shape index (κ2) is 8.52. The molecular formula is C20H22FN3O3S. The molecule has 1 aromatic carbocycles. The number of nitrogens with zero attached hydrogens (tertiary/aromatic N) is 2. The number of nitrogens with one attached hydrogen (secondary N) is 1. The van der Waals surface area contributed by atoms with E-state index in [2.05, 4.69) is 15.3 Å². The van der Waals surface area contributed by atoms with E-state index in [0.717, 1.165) is 5.01 Å². The summed E-state index contributed by atoms with van der Waals surface area (Å²) in [4.78, 5) is 19.6. The first-order chi connectivity index (χ1) is 13.3. The second-order valence-corrected chi connectivity index (χ2v) is 7.81. The van der Waals surface area contributed by atoms with Crippen LogP contribution in [-0.4, -0.2) is 28.5 Å². The van der Waals surface area contributed by atoms with E-state index < -0.39 is 5.82 Å². The first-order valence-corrected chi connectivity index (χ1v) is 9.78. The molecule has 6 nitrogen and oxygen atoms in total. The van der Waals surface area contributed by atoms with Gasteiger partial charge in [0, 0.05) is 18.9 Å². The summed E-state index contributed by atoms with van der Waals surface area (Å²) in [5.74, 6) is 0.616. The molecule has 0 unspecified atom stereocenters. The predicted molar refractivity (Wildman–Crippen MR) is 107 cm³/mol. The number of ether oxygens (including phenoxy) is 2. The lowest BCUT2D eigenvalue weighted by atomic mass is 10.2. The van der Waals surface area contributed by atoms with Gasteiger partial charge in [-0.25, -0.2) is 14.4 Å². The largest absolute Gasteiger partial charge is 0.475 e. The van der Waals surface area contributed by atoms with Gasteiger partial charge in [-0.2, -0.15) is 0 Å². The molecule has 0 aliphatic heterocycles. The maximum atomic E-state index is 14.8. The van der Waals surface area contributed by atoms with Crippen LogP contribution >= 0.6 is 11.3 Å². The van der Waals surface area contributed by atoms with Gasteiger partial charge in [0.05, 0.1) is 27.5 Å². The molecule has 0 aliphatic rings. The number of carbonyl (C=O) groups is 1. The van der Waals surface area contributed by atoms with Crippen molar-refractivity contribution in [2.45, 2.75) is 39.7 Å².